The zero-order valence-electron chi connectivity index (χ0n) is 15.7. The molecule has 164 valence electrons. The van der Waals surface area contributed by atoms with Gasteiger partial charge in [-0.25, -0.2) is 16.8 Å². The summed E-state index contributed by atoms with van der Waals surface area (Å²) in [4.78, 5) is 18.3. The van der Waals surface area contributed by atoms with Gasteiger partial charge in [-0.15, -0.1) is 0 Å². The number of hydrogen-bond acceptors (Lipinski definition) is 6. The first kappa shape index (κ1) is 29.1. The van der Waals surface area contributed by atoms with Crippen molar-refractivity contribution in [3.05, 3.63) is 60.7 Å². The number of aliphatic carboxylic acids is 2. The third-order valence-corrected chi connectivity index (χ3v) is 6.55. The zero-order valence-corrected chi connectivity index (χ0v) is 18.9. The predicted octanol–water partition coefficient (Wildman–Crippen LogP) is 2.11. The summed E-state index contributed by atoms with van der Waals surface area (Å²) in [6, 6.07) is 15.7. The van der Waals surface area contributed by atoms with Crippen LogP contribution >= 0.6 is 0 Å². The molecular formula is C18H22O8PdS2. The van der Waals surface area contributed by atoms with Crippen molar-refractivity contribution in [2.24, 2.45) is 0 Å². The molecule has 0 fully saturated rings. The molecule has 0 amide bonds. The van der Waals surface area contributed by atoms with Gasteiger partial charge in [0.25, 0.3) is 11.9 Å². The molecule has 0 heterocycles. The molecule has 2 rings (SSSR count). The van der Waals surface area contributed by atoms with Gasteiger partial charge in [-0.05, 0) is 24.3 Å². The Labute approximate surface area is 184 Å². The van der Waals surface area contributed by atoms with Gasteiger partial charge in [0.2, 0.25) is 0 Å². The van der Waals surface area contributed by atoms with Gasteiger partial charge in [-0.3, -0.25) is 9.59 Å². The van der Waals surface area contributed by atoms with E-state index in [1.54, 1.807) is 36.4 Å². The van der Waals surface area contributed by atoms with Crippen molar-refractivity contribution in [2.45, 2.75) is 23.6 Å². The molecule has 0 radical (unpaired) electrons. The molecule has 0 aliphatic rings. The second kappa shape index (κ2) is 14.0. The molecule has 8 nitrogen and oxygen atoms in total. The molecule has 0 spiro atoms. The molecule has 0 unspecified atom stereocenters. The second-order valence-electron chi connectivity index (χ2n) is 5.30. The number of rotatable bonds is 5. The molecule has 29 heavy (non-hydrogen) atoms. The fourth-order valence-corrected chi connectivity index (χ4v) is 5.08. The number of carboxylic acids is 2. The van der Waals surface area contributed by atoms with E-state index in [0.717, 1.165) is 13.8 Å². The van der Waals surface area contributed by atoms with Crippen molar-refractivity contribution in [2.75, 3.05) is 11.5 Å². The Morgan fingerprint density at radius 1 is 0.655 bits per heavy atom. The monoisotopic (exact) mass is 536 g/mol. The molecule has 0 aliphatic carbocycles. The molecular weight excluding hydrogens is 515 g/mol. The number of carbonyl (C=O) groups is 2. The van der Waals surface area contributed by atoms with E-state index in [0.29, 0.717) is 0 Å². The van der Waals surface area contributed by atoms with Gasteiger partial charge >= 0.3 is 0 Å². The average Bonchev–Trinajstić information content (AvgIpc) is 2.61. The van der Waals surface area contributed by atoms with Crippen molar-refractivity contribution in [3.8, 4) is 0 Å². The van der Waals surface area contributed by atoms with Gasteiger partial charge in [-0.1, -0.05) is 36.4 Å². The van der Waals surface area contributed by atoms with Crippen LogP contribution in [0.4, 0.5) is 0 Å². The van der Waals surface area contributed by atoms with Crippen LogP contribution in [0.25, 0.3) is 0 Å². The molecule has 11 heteroatoms. The van der Waals surface area contributed by atoms with Crippen LogP contribution in [0.3, 0.4) is 0 Å². The SMILES string of the molecule is CC(=O)O.CC(=O)O.O=S(=O)(CCS(=O)(=O)c1ccccc1)c1ccccc1.[Pd]. The van der Waals surface area contributed by atoms with E-state index in [4.69, 9.17) is 19.8 Å². The Morgan fingerprint density at radius 2 is 0.862 bits per heavy atom. The van der Waals surface area contributed by atoms with Crippen LogP contribution in [0.5, 0.6) is 0 Å². The number of sulfone groups is 2. The molecule has 0 atom stereocenters. The maximum Gasteiger partial charge on any atom is 0.300 e. The van der Waals surface area contributed by atoms with Crippen molar-refractivity contribution >= 4 is 31.6 Å². The second-order valence-corrected chi connectivity index (χ2v) is 9.52. The minimum absolute atomic E-state index is 0. The molecule has 2 aromatic rings. The smallest absolute Gasteiger partial charge is 0.300 e. The van der Waals surface area contributed by atoms with E-state index in [1.165, 1.54) is 24.3 Å². The number of carboxylic acid groups (broad SMARTS) is 2. The standard InChI is InChI=1S/C14H14O4S2.2C2H4O2.Pd/c15-19(16,13-7-3-1-4-8-13)11-12-20(17,18)14-9-5-2-6-10-14;2*1-2(3)4;/h1-10H,11-12H2;2*1H3,(H,3,4);. The fourth-order valence-electron chi connectivity index (χ4n) is 1.71. The van der Waals surface area contributed by atoms with E-state index < -0.39 is 43.1 Å². The van der Waals surface area contributed by atoms with Gasteiger partial charge < -0.3 is 10.2 Å². The Bertz CT molecular complexity index is 868. The van der Waals surface area contributed by atoms with Crippen LogP contribution in [0.1, 0.15) is 13.8 Å². The quantitative estimate of drug-likeness (QED) is 0.553. The molecule has 0 bridgehead atoms. The summed E-state index contributed by atoms with van der Waals surface area (Å²) in [5, 5.41) is 14.8. The van der Waals surface area contributed by atoms with Gasteiger partial charge in [0.05, 0.1) is 21.3 Å². The average molecular weight is 537 g/mol. The third-order valence-electron chi connectivity index (χ3n) is 2.83. The summed E-state index contributed by atoms with van der Waals surface area (Å²) in [5.41, 5.74) is 0. The van der Waals surface area contributed by atoms with E-state index in [1.807, 2.05) is 0 Å². The van der Waals surface area contributed by atoms with Crippen molar-refractivity contribution < 1.29 is 57.1 Å². The van der Waals surface area contributed by atoms with E-state index in [-0.39, 0.29) is 30.2 Å². The number of hydrogen-bond donors (Lipinski definition) is 2. The Hall–Kier alpha value is -2.06. The minimum Gasteiger partial charge on any atom is -0.481 e. The van der Waals surface area contributed by atoms with Crippen LogP contribution in [0.2, 0.25) is 0 Å². The summed E-state index contributed by atoms with van der Waals surface area (Å²) in [7, 11) is -7.16. The number of benzene rings is 2. The maximum absolute atomic E-state index is 12.0. The predicted molar refractivity (Wildman–Crippen MR) is 104 cm³/mol. The van der Waals surface area contributed by atoms with Crippen LogP contribution in [-0.4, -0.2) is 50.5 Å². The largest absolute Gasteiger partial charge is 0.481 e. The molecule has 2 N–H and O–H groups in total. The molecule has 0 saturated heterocycles. The van der Waals surface area contributed by atoms with Crippen LogP contribution in [0.15, 0.2) is 70.5 Å². The molecule has 0 saturated carbocycles. The minimum atomic E-state index is -3.58. The Morgan fingerprint density at radius 3 is 1.07 bits per heavy atom. The van der Waals surface area contributed by atoms with Crippen molar-refractivity contribution in [1.29, 1.82) is 0 Å². The summed E-state index contributed by atoms with van der Waals surface area (Å²) in [6.07, 6.45) is 0. The Balaban J connectivity index is 0. The van der Waals surface area contributed by atoms with E-state index >= 15 is 0 Å². The maximum atomic E-state index is 12.0. The van der Waals surface area contributed by atoms with Gasteiger partial charge in [0.1, 0.15) is 0 Å². The topological polar surface area (TPSA) is 143 Å². The van der Waals surface area contributed by atoms with Gasteiger partial charge in [-0.2, -0.15) is 0 Å². The van der Waals surface area contributed by atoms with E-state index in [2.05, 4.69) is 0 Å². The third kappa shape index (κ3) is 13.7. The van der Waals surface area contributed by atoms with E-state index in [9.17, 15) is 16.8 Å². The first-order chi connectivity index (χ1) is 12.9. The molecule has 2 aromatic carbocycles. The molecule has 0 aliphatic heterocycles. The van der Waals surface area contributed by atoms with Crippen LogP contribution in [0, 0.1) is 0 Å². The normalized spacial score (nSPS) is 10.1. The van der Waals surface area contributed by atoms with Crippen molar-refractivity contribution in [3.63, 3.8) is 0 Å². The van der Waals surface area contributed by atoms with Gasteiger partial charge in [0.15, 0.2) is 19.7 Å². The van der Waals surface area contributed by atoms with Gasteiger partial charge in [0, 0.05) is 34.3 Å². The summed E-state index contributed by atoms with van der Waals surface area (Å²) < 4.78 is 48.2. The first-order valence-electron chi connectivity index (χ1n) is 7.83. The molecule has 0 aromatic heterocycles. The van der Waals surface area contributed by atoms with Crippen LogP contribution in [-0.2, 0) is 49.7 Å². The summed E-state index contributed by atoms with van der Waals surface area (Å²) in [5.74, 6) is -2.51. The first-order valence-corrected chi connectivity index (χ1v) is 11.1. The van der Waals surface area contributed by atoms with Crippen LogP contribution < -0.4 is 0 Å². The Kier molecular flexibility index (Phi) is 14.1. The fraction of sp³-hybridized carbons (Fsp3) is 0.222. The zero-order chi connectivity index (χ0) is 21.8. The summed E-state index contributed by atoms with van der Waals surface area (Å²) in [6.45, 7) is 2.17. The summed E-state index contributed by atoms with van der Waals surface area (Å²) >= 11 is 0. The van der Waals surface area contributed by atoms with Crippen molar-refractivity contribution in [1.82, 2.24) is 0 Å².